The van der Waals surface area contributed by atoms with E-state index in [1.807, 2.05) is 29.9 Å². The minimum absolute atomic E-state index is 0.277. The fraction of sp³-hybridized carbons (Fsp3) is 0.591. The summed E-state index contributed by atoms with van der Waals surface area (Å²) in [7, 11) is 0. The molecule has 150 valence electrons. The van der Waals surface area contributed by atoms with Crippen LogP contribution in [0, 0.1) is 26.7 Å². The molecule has 2 bridgehead atoms. The maximum absolute atomic E-state index is 13.0. The third kappa shape index (κ3) is 3.97. The van der Waals surface area contributed by atoms with Gasteiger partial charge in [-0.25, -0.2) is 0 Å². The van der Waals surface area contributed by atoms with E-state index in [0.29, 0.717) is 24.9 Å². The molecule has 1 amide bonds. The molecule has 0 radical (unpaired) electrons. The van der Waals surface area contributed by atoms with E-state index in [1.54, 1.807) is 0 Å². The van der Waals surface area contributed by atoms with Gasteiger partial charge in [-0.1, -0.05) is 6.07 Å². The predicted octanol–water partition coefficient (Wildman–Crippen LogP) is 2.72. The summed E-state index contributed by atoms with van der Waals surface area (Å²) in [5.74, 6) is 0.849. The van der Waals surface area contributed by atoms with Crippen molar-refractivity contribution < 1.29 is 4.79 Å². The van der Waals surface area contributed by atoms with Crippen LogP contribution < -0.4 is 0 Å². The number of pyridine rings is 1. The van der Waals surface area contributed by atoms with Gasteiger partial charge in [0.2, 0.25) is 5.91 Å². The van der Waals surface area contributed by atoms with Crippen LogP contribution in [0.25, 0.3) is 0 Å². The van der Waals surface area contributed by atoms with Gasteiger partial charge in [0.15, 0.2) is 0 Å². The Morgan fingerprint density at radius 3 is 2.71 bits per heavy atom. The van der Waals surface area contributed by atoms with Crippen LogP contribution in [0.4, 0.5) is 0 Å². The largest absolute Gasteiger partial charge is 0.338 e. The standard InChI is InChI=1S/C22H31N5O/c1-16-17(2)24-27(18(16)3)11-9-22(28)26-13-19-7-8-21(26)15-25(12-19)14-20-6-4-5-10-23-20/h4-6,10,19,21H,7-9,11-15H2,1-3H3/t19-,21+/m0/s1. The van der Waals surface area contributed by atoms with Crippen LogP contribution in [0.1, 0.15) is 41.9 Å². The number of rotatable bonds is 5. The lowest BCUT2D eigenvalue weighted by atomic mass is 9.94. The maximum Gasteiger partial charge on any atom is 0.224 e. The SMILES string of the molecule is Cc1nn(CCC(=O)N2C[C@H]3CC[C@@H]2CN(Cc2ccccn2)C3)c(C)c1C. The molecule has 5 heterocycles. The molecule has 0 saturated carbocycles. The van der Waals surface area contributed by atoms with Crippen LogP contribution >= 0.6 is 0 Å². The number of carbonyl (C=O) groups excluding carboxylic acids is 1. The second-order valence-electron chi connectivity index (χ2n) is 8.43. The average Bonchev–Trinajstić information content (AvgIpc) is 2.88. The third-order valence-corrected chi connectivity index (χ3v) is 6.50. The molecule has 2 aromatic rings. The summed E-state index contributed by atoms with van der Waals surface area (Å²) < 4.78 is 1.99. The van der Waals surface area contributed by atoms with Crippen molar-refractivity contribution in [3.63, 3.8) is 0 Å². The van der Waals surface area contributed by atoms with Crippen LogP contribution in [-0.2, 0) is 17.9 Å². The molecule has 3 fully saturated rings. The second kappa shape index (κ2) is 8.03. The monoisotopic (exact) mass is 381 g/mol. The van der Waals surface area contributed by atoms with E-state index in [-0.39, 0.29) is 5.91 Å². The Kier molecular flexibility index (Phi) is 5.49. The van der Waals surface area contributed by atoms with Gasteiger partial charge in [0, 0.05) is 57.1 Å². The molecule has 3 aliphatic heterocycles. The lowest BCUT2D eigenvalue weighted by Crippen LogP contribution is -2.47. The van der Waals surface area contributed by atoms with Crippen molar-refractivity contribution in [1.29, 1.82) is 0 Å². The highest BCUT2D eigenvalue weighted by Crippen LogP contribution is 2.29. The van der Waals surface area contributed by atoms with Gasteiger partial charge in [-0.05, 0) is 57.2 Å². The number of fused-ring (bicyclic) bond motifs is 4. The highest BCUT2D eigenvalue weighted by Gasteiger charge is 2.36. The van der Waals surface area contributed by atoms with E-state index in [1.165, 1.54) is 17.7 Å². The minimum Gasteiger partial charge on any atom is -0.338 e. The number of nitrogens with zero attached hydrogens (tertiary/aromatic N) is 5. The number of amides is 1. The van der Waals surface area contributed by atoms with Crippen LogP contribution in [0.3, 0.4) is 0 Å². The minimum atomic E-state index is 0.277. The molecule has 0 unspecified atom stereocenters. The zero-order valence-electron chi connectivity index (χ0n) is 17.3. The van der Waals surface area contributed by atoms with Crippen LogP contribution in [0.2, 0.25) is 0 Å². The van der Waals surface area contributed by atoms with Gasteiger partial charge in [-0.15, -0.1) is 0 Å². The van der Waals surface area contributed by atoms with Crippen molar-refractivity contribution in [3.05, 3.63) is 47.0 Å². The van der Waals surface area contributed by atoms with Crippen molar-refractivity contribution in [1.82, 2.24) is 24.6 Å². The number of piperidine rings is 1. The van der Waals surface area contributed by atoms with Crippen molar-refractivity contribution in [2.75, 3.05) is 19.6 Å². The van der Waals surface area contributed by atoms with Gasteiger partial charge in [-0.3, -0.25) is 19.4 Å². The first kappa shape index (κ1) is 19.1. The van der Waals surface area contributed by atoms with Crippen molar-refractivity contribution in [2.24, 2.45) is 5.92 Å². The molecule has 6 heteroatoms. The van der Waals surface area contributed by atoms with Crippen molar-refractivity contribution in [2.45, 2.75) is 59.2 Å². The van der Waals surface area contributed by atoms with E-state index in [0.717, 1.165) is 44.0 Å². The molecule has 28 heavy (non-hydrogen) atoms. The Balaban J connectivity index is 1.38. The van der Waals surface area contributed by atoms with Crippen LogP contribution in [0.5, 0.6) is 0 Å². The van der Waals surface area contributed by atoms with E-state index in [9.17, 15) is 4.79 Å². The zero-order chi connectivity index (χ0) is 19.7. The Hall–Kier alpha value is -2.21. The van der Waals surface area contributed by atoms with Gasteiger partial charge < -0.3 is 4.90 Å². The average molecular weight is 382 g/mol. The van der Waals surface area contributed by atoms with E-state index in [4.69, 9.17) is 0 Å². The quantitative estimate of drug-likeness (QED) is 0.799. The van der Waals surface area contributed by atoms with Gasteiger partial charge in [0.1, 0.15) is 0 Å². The lowest BCUT2D eigenvalue weighted by Gasteiger charge is -2.36. The maximum atomic E-state index is 13.0. The number of hydrogen-bond donors (Lipinski definition) is 0. The summed E-state index contributed by atoms with van der Waals surface area (Å²) in [5, 5.41) is 4.58. The van der Waals surface area contributed by atoms with Gasteiger partial charge in [0.05, 0.1) is 11.4 Å². The third-order valence-electron chi connectivity index (χ3n) is 6.50. The summed E-state index contributed by atoms with van der Waals surface area (Å²) >= 11 is 0. The van der Waals surface area contributed by atoms with Gasteiger partial charge in [0.25, 0.3) is 0 Å². The summed E-state index contributed by atoms with van der Waals surface area (Å²) in [4.78, 5) is 22.2. The summed E-state index contributed by atoms with van der Waals surface area (Å²) in [6.45, 7) is 10.7. The number of aryl methyl sites for hydroxylation is 2. The first-order valence-corrected chi connectivity index (χ1v) is 10.4. The fourth-order valence-corrected chi connectivity index (χ4v) is 4.68. The van der Waals surface area contributed by atoms with E-state index < -0.39 is 0 Å². The Labute approximate surface area is 167 Å². The molecular weight excluding hydrogens is 350 g/mol. The number of carbonyl (C=O) groups is 1. The Morgan fingerprint density at radius 2 is 2.00 bits per heavy atom. The lowest BCUT2D eigenvalue weighted by molar-refractivity contribution is -0.135. The first-order valence-electron chi connectivity index (χ1n) is 10.4. The number of hydrogen-bond acceptors (Lipinski definition) is 4. The molecule has 0 aromatic carbocycles. The predicted molar refractivity (Wildman–Crippen MR) is 109 cm³/mol. The topological polar surface area (TPSA) is 54.3 Å². The fourth-order valence-electron chi connectivity index (χ4n) is 4.68. The van der Waals surface area contributed by atoms with Crippen LogP contribution in [0.15, 0.2) is 24.4 Å². The molecule has 0 aliphatic carbocycles. The molecule has 6 nitrogen and oxygen atoms in total. The molecule has 5 rings (SSSR count). The highest BCUT2D eigenvalue weighted by atomic mass is 16.2. The summed E-state index contributed by atoms with van der Waals surface area (Å²) in [6.07, 6.45) is 4.74. The Morgan fingerprint density at radius 1 is 1.14 bits per heavy atom. The molecule has 0 spiro atoms. The van der Waals surface area contributed by atoms with Gasteiger partial charge >= 0.3 is 0 Å². The molecule has 0 N–H and O–H groups in total. The van der Waals surface area contributed by atoms with Crippen molar-refractivity contribution in [3.8, 4) is 0 Å². The molecular formula is C22H31N5O. The van der Waals surface area contributed by atoms with E-state index in [2.05, 4.69) is 39.8 Å². The zero-order valence-corrected chi connectivity index (χ0v) is 17.3. The first-order chi connectivity index (χ1) is 13.5. The molecule has 2 aromatic heterocycles. The second-order valence-corrected chi connectivity index (χ2v) is 8.43. The summed E-state index contributed by atoms with van der Waals surface area (Å²) in [6, 6.07) is 6.43. The Bertz CT molecular complexity index is 831. The molecule has 3 aliphatic rings. The smallest absolute Gasteiger partial charge is 0.224 e. The molecule has 3 saturated heterocycles. The molecule has 2 atom stereocenters. The van der Waals surface area contributed by atoms with Crippen LogP contribution in [-0.4, -0.2) is 56.1 Å². The summed E-state index contributed by atoms with van der Waals surface area (Å²) in [5.41, 5.74) is 4.57. The van der Waals surface area contributed by atoms with Gasteiger partial charge in [-0.2, -0.15) is 5.10 Å². The normalized spacial score (nSPS) is 22.5. The highest BCUT2D eigenvalue weighted by molar-refractivity contribution is 5.76. The van der Waals surface area contributed by atoms with Crippen molar-refractivity contribution >= 4 is 5.91 Å². The number of aromatic nitrogens is 3. The van der Waals surface area contributed by atoms with E-state index >= 15 is 0 Å².